The zero-order valence-corrected chi connectivity index (χ0v) is 11.2. The van der Waals surface area contributed by atoms with Gasteiger partial charge in [-0.1, -0.05) is 24.3 Å². The van der Waals surface area contributed by atoms with Crippen molar-refractivity contribution < 1.29 is 13.2 Å². The minimum Gasteiger partial charge on any atom is -0.325 e. The average molecular weight is 308 g/mol. The fourth-order valence-electron chi connectivity index (χ4n) is 2.49. The van der Waals surface area contributed by atoms with Crippen LogP contribution in [-0.4, -0.2) is 14.8 Å². The fraction of sp³-hybridized carbons (Fsp3) is 0.143. The van der Waals surface area contributed by atoms with Gasteiger partial charge in [0.25, 0.3) is 5.56 Å². The Morgan fingerprint density at radius 2 is 2.00 bits per heavy atom. The first-order chi connectivity index (χ1) is 10.4. The molecule has 3 N–H and O–H groups in total. The molecule has 0 atom stereocenters. The number of benzene rings is 1. The predicted octanol–water partition coefficient (Wildman–Crippen LogP) is 2.19. The number of nitrogens with one attached hydrogen (secondary N) is 1. The van der Waals surface area contributed by atoms with Gasteiger partial charge in [-0.15, -0.1) is 0 Å². The molecule has 114 valence electrons. The Morgan fingerprint density at radius 1 is 1.27 bits per heavy atom. The summed E-state index contributed by atoms with van der Waals surface area (Å²) in [6, 6.07) is 7.07. The summed E-state index contributed by atoms with van der Waals surface area (Å²) in [5.41, 5.74) is 3.25. The van der Waals surface area contributed by atoms with Crippen LogP contribution in [0.2, 0.25) is 0 Å². The molecular weight excluding hydrogens is 297 g/mol. The minimum absolute atomic E-state index is 0.0254. The van der Waals surface area contributed by atoms with Gasteiger partial charge in [-0.05, 0) is 0 Å². The average Bonchev–Trinajstić information content (AvgIpc) is 2.84. The monoisotopic (exact) mass is 308 g/mol. The van der Waals surface area contributed by atoms with Crippen LogP contribution in [-0.2, 0) is 12.7 Å². The first kappa shape index (κ1) is 14.3. The Hall–Kier alpha value is -2.61. The number of hydrogen-bond donors (Lipinski definition) is 2. The molecule has 2 aromatic heterocycles. The molecule has 2 heterocycles. The van der Waals surface area contributed by atoms with Crippen molar-refractivity contribution in [3.8, 4) is 5.69 Å². The van der Waals surface area contributed by atoms with Gasteiger partial charge in [-0.2, -0.15) is 18.3 Å². The topological polar surface area (TPSA) is 76.7 Å². The maximum Gasteiger partial charge on any atom is 0.423 e. The van der Waals surface area contributed by atoms with Crippen LogP contribution in [0.5, 0.6) is 0 Å². The Bertz CT molecular complexity index is 895. The number of halogens is 3. The first-order valence-electron chi connectivity index (χ1n) is 6.37. The number of nitrogens with two attached hydrogens (primary N) is 1. The van der Waals surface area contributed by atoms with E-state index in [1.165, 1.54) is 10.8 Å². The molecule has 0 aliphatic heterocycles. The summed E-state index contributed by atoms with van der Waals surface area (Å²) >= 11 is 0. The maximum absolute atomic E-state index is 13.2. The summed E-state index contributed by atoms with van der Waals surface area (Å²) < 4.78 is 40.9. The quantitative estimate of drug-likeness (QED) is 0.762. The van der Waals surface area contributed by atoms with Crippen LogP contribution in [0.4, 0.5) is 13.2 Å². The molecule has 0 aliphatic rings. The number of nitrogens with zero attached hydrogens (tertiary/aromatic N) is 2. The highest BCUT2D eigenvalue weighted by atomic mass is 19.4. The molecule has 0 aliphatic carbocycles. The molecule has 3 rings (SSSR count). The molecule has 5 nitrogen and oxygen atoms in total. The summed E-state index contributed by atoms with van der Waals surface area (Å²) in [6.45, 7) is 0.0254. The molecule has 22 heavy (non-hydrogen) atoms. The molecule has 0 saturated carbocycles. The number of hydrogen-bond acceptors (Lipinski definition) is 3. The summed E-state index contributed by atoms with van der Waals surface area (Å²) in [6.07, 6.45) is -2.31. The second-order valence-corrected chi connectivity index (χ2v) is 4.69. The number of aromatic amines is 1. The highest BCUT2D eigenvalue weighted by Crippen LogP contribution is 2.33. The van der Waals surface area contributed by atoms with Crippen LogP contribution in [0, 0.1) is 0 Å². The van der Waals surface area contributed by atoms with Gasteiger partial charge in [-0.3, -0.25) is 4.79 Å². The molecule has 1 aromatic carbocycles. The van der Waals surface area contributed by atoms with E-state index >= 15 is 0 Å². The van der Waals surface area contributed by atoms with Gasteiger partial charge in [0.1, 0.15) is 5.56 Å². The SMILES string of the molecule is NCc1c2ccccc2cn1-c1cn[nH]c(=O)c1C(F)(F)F. The van der Waals surface area contributed by atoms with Crippen molar-refractivity contribution in [2.24, 2.45) is 5.73 Å². The second kappa shape index (κ2) is 4.99. The van der Waals surface area contributed by atoms with Crippen molar-refractivity contribution >= 4 is 10.8 Å². The van der Waals surface area contributed by atoms with Crippen LogP contribution in [0.25, 0.3) is 16.5 Å². The number of fused-ring (bicyclic) bond motifs is 1. The van der Waals surface area contributed by atoms with Gasteiger partial charge >= 0.3 is 6.18 Å². The van der Waals surface area contributed by atoms with E-state index in [0.717, 1.165) is 17.0 Å². The molecule has 8 heteroatoms. The lowest BCUT2D eigenvalue weighted by Gasteiger charge is -2.14. The van der Waals surface area contributed by atoms with Gasteiger partial charge in [0.15, 0.2) is 0 Å². The number of rotatable bonds is 2. The van der Waals surface area contributed by atoms with E-state index in [1.54, 1.807) is 24.3 Å². The summed E-state index contributed by atoms with van der Waals surface area (Å²) in [7, 11) is 0. The standard InChI is InChI=1S/C14H11F3N4O/c15-14(16,17)12-11(6-19-20-13(12)22)21-7-8-3-1-2-4-9(8)10(21)5-18/h1-4,6-7H,5,18H2,(H,20,22). The Labute approximate surface area is 122 Å². The van der Waals surface area contributed by atoms with Crippen LogP contribution in [0.15, 0.2) is 41.5 Å². The van der Waals surface area contributed by atoms with Crippen molar-refractivity contribution in [2.75, 3.05) is 0 Å². The van der Waals surface area contributed by atoms with Crippen LogP contribution >= 0.6 is 0 Å². The molecule has 3 aromatic rings. The van der Waals surface area contributed by atoms with E-state index in [9.17, 15) is 18.0 Å². The van der Waals surface area contributed by atoms with Crippen LogP contribution in [0.1, 0.15) is 11.3 Å². The van der Waals surface area contributed by atoms with E-state index in [1.807, 2.05) is 5.10 Å². The molecule has 0 fully saturated rings. The molecule has 0 bridgehead atoms. The van der Waals surface area contributed by atoms with Gasteiger partial charge < -0.3 is 10.3 Å². The Kier molecular flexibility index (Phi) is 3.25. The third-order valence-electron chi connectivity index (χ3n) is 3.40. The Morgan fingerprint density at radius 3 is 2.68 bits per heavy atom. The van der Waals surface area contributed by atoms with Gasteiger partial charge in [0.2, 0.25) is 0 Å². The minimum atomic E-state index is -4.80. The van der Waals surface area contributed by atoms with E-state index < -0.39 is 17.3 Å². The lowest BCUT2D eigenvalue weighted by molar-refractivity contribution is -0.138. The first-order valence-corrected chi connectivity index (χ1v) is 6.37. The van der Waals surface area contributed by atoms with Crippen molar-refractivity contribution in [1.29, 1.82) is 0 Å². The number of alkyl halides is 3. The van der Waals surface area contributed by atoms with Crippen molar-refractivity contribution in [1.82, 2.24) is 14.8 Å². The van der Waals surface area contributed by atoms with Crippen LogP contribution in [0.3, 0.4) is 0 Å². The maximum atomic E-state index is 13.2. The third kappa shape index (κ3) is 2.17. The molecular formula is C14H11F3N4O. The summed E-state index contributed by atoms with van der Waals surface area (Å²) in [5.74, 6) is 0. The summed E-state index contributed by atoms with van der Waals surface area (Å²) in [4.78, 5) is 11.6. The molecule has 0 amide bonds. The van der Waals surface area contributed by atoms with E-state index in [0.29, 0.717) is 5.69 Å². The number of aromatic nitrogens is 3. The zero-order chi connectivity index (χ0) is 15.9. The zero-order valence-electron chi connectivity index (χ0n) is 11.2. The molecule has 0 saturated heterocycles. The van der Waals surface area contributed by atoms with Crippen molar-refractivity contribution in [3.05, 3.63) is 58.3 Å². The molecule has 0 unspecified atom stereocenters. The van der Waals surface area contributed by atoms with Gasteiger partial charge in [-0.25, -0.2) is 5.10 Å². The van der Waals surface area contributed by atoms with Crippen LogP contribution < -0.4 is 11.3 Å². The fourth-order valence-corrected chi connectivity index (χ4v) is 2.49. The lowest BCUT2D eigenvalue weighted by atomic mass is 10.2. The Balaban J connectivity index is 2.38. The highest BCUT2D eigenvalue weighted by molar-refractivity contribution is 5.86. The highest BCUT2D eigenvalue weighted by Gasteiger charge is 2.38. The second-order valence-electron chi connectivity index (χ2n) is 4.69. The third-order valence-corrected chi connectivity index (χ3v) is 3.40. The number of H-pyrrole nitrogens is 1. The van der Waals surface area contributed by atoms with Gasteiger partial charge in [0.05, 0.1) is 11.9 Å². The largest absolute Gasteiger partial charge is 0.423 e. The predicted molar refractivity (Wildman–Crippen MR) is 74.6 cm³/mol. The van der Waals surface area contributed by atoms with E-state index in [4.69, 9.17) is 5.73 Å². The van der Waals surface area contributed by atoms with E-state index in [-0.39, 0.29) is 12.2 Å². The lowest BCUT2D eigenvalue weighted by Crippen LogP contribution is -2.26. The van der Waals surface area contributed by atoms with Crippen molar-refractivity contribution in [3.63, 3.8) is 0 Å². The molecule has 0 radical (unpaired) electrons. The normalized spacial score (nSPS) is 12.0. The van der Waals surface area contributed by atoms with Crippen molar-refractivity contribution in [2.45, 2.75) is 12.7 Å². The smallest absolute Gasteiger partial charge is 0.325 e. The van der Waals surface area contributed by atoms with E-state index in [2.05, 4.69) is 5.10 Å². The summed E-state index contributed by atoms with van der Waals surface area (Å²) in [5, 5.41) is 6.77. The van der Waals surface area contributed by atoms with Gasteiger partial charge in [0, 0.05) is 29.2 Å². The molecule has 0 spiro atoms.